The molecule has 0 amide bonds. The van der Waals surface area contributed by atoms with Crippen LogP contribution in [0.15, 0.2) is 47.6 Å². The van der Waals surface area contributed by atoms with Crippen molar-refractivity contribution in [1.29, 1.82) is 0 Å². The van der Waals surface area contributed by atoms with Gasteiger partial charge in [-0.3, -0.25) is 0 Å². The maximum absolute atomic E-state index is 5.96. The van der Waals surface area contributed by atoms with Gasteiger partial charge >= 0.3 is 0 Å². The van der Waals surface area contributed by atoms with E-state index in [9.17, 15) is 0 Å². The summed E-state index contributed by atoms with van der Waals surface area (Å²) in [6.07, 6.45) is 3.57. The van der Waals surface area contributed by atoms with Crippen LogP contribution in [0.2, 0.25) is 0 Å². The molecule has 8 heteroatoms. The van der Waals surface area contributed by atoms with Gasteiger partial charge in [0, 0.05) is 25.2 Å². The Hall–Kier alpha value is -2.07. The zero-order valence-electron chi connectivity index (χ0n) is 16.0. The highest BCUT2D eigenvalue weighted by Gasteiger charge is 2.17. The number of pyridine rings is 1. The molecule has 3 rings (SSSR count). The number of guanidine groups is 1. The van der Waals surface area contributed by atoms with Gasteiger partial charge in [-0.25, -0.2) is 9.98 Å². The Balaban J connectivity index is 0.00000280. The molecule has 0 aliphatic carbocycles. The lowest BCUT2D eigenvalue weighted by atomic mass is 10.1. The number of methoxy groups -OCH3 is 1. The molecule has 1 aliphatic rings. The van der Waals surface area contributed by atoms with E-state index in [0.29, 0.717) is 31.5 Å². The minimum absolute atomic E-state index is 0. The van der Waals surface area contributed by atoms with E-state index in [2.05, 4.69) is 15.3 Å². The van der Waals surface area contributed by atoms with Crippen LogP contribution in [0.1, 0.15) is 17.5 Å². The molecule has 3 N–H and O–H groups in total. The normalized spacial score (nSPS) is 16.3. The molecule has 1 fully saturated rings. The van der Waals surface area contributed by atoms with Gasteiger partial charge in [0.05, 0.1) is 26.9 Å². The smallest absolute Gasteiger partial charge is 0.213 e. The number of hydrogen-bond donors (Lipinski definition) is 2. The number of nitrogens with one attached hydrogen (secondary N) is 1. The summed E-state index contributed by atoms with van der Waals surface area (Å²) < 4.78 is 16.3. The van der Waals surface area contributed by atoms with E-state index < -0.39 is 0 Å². The number of hydrogen-bond acceptors (Lipinski definition) is 5. The Morgan fingerprint density at radius 1 is 1.29 bits per heavy atom. The van der Waals surface area contributed by atoms with Gasteiger partial charge in [-0.05, 0) is 35.7 Å². The second-order valence-electron chi connectivity index (χ2n) is 6.33. The summed E-state index contributed by atoms with van der Waals surface area (Å²) >= 11 is 0. The van der Waals surface area contributed by atoms with Crippen LogP contribution in [0.3, 0.4) is 0 Å². The molecule has 0 radical (unpaired) electrons. The van der Waals surface area contributed by atoms with Crippen molar-refractivity contribution in [3.63, 3.8) is 0 Å². The summed E-state index contributed by atoms with van der Waals surface area (Å²) in [6.45, 7) is 2.55. The summed E-state index contributed by atoms with van der Waals surface area (Å²) in [7, 11) is 1.66. The first-order valence-corrected chi connectivity index (χ1v) is 9.09. The molecular weight excluding hydrogens is 471 g/mol. The molecule has 1 aliphatic heterocycles. The van der Waals surface area contributed by atoms with Crippen molar-refractivity contribution in [1.82, 2.24) is 10.3 Å². The van der Waals surface area contributed by atoms with Gasteiger partial charge in [0.15, 0.2) is 5.96 Å². The first kappa shape index (κ1) is 22.2. The molecule has 2 aromatic rings. The van der Waals surface area contributed by atoms with Crippen molar-refractivity contribution in [3.05, 3.63) is 53.7 Å². The van der Waals surface area contributed by atoms with E-state index in [1.165, 1.54) is 5.56 Å². The third-order valence-electron chi connectivity index (χ3n) is 4.29. The number of halogens is 1. The highest BCUT2D eigenvalue weighted by molar-refractivity contribution is 14.0. The standard InChI is InChI=1S/C20H26N4O3.HI/c1-25-17-4-2-15(3-5-17)6-10-23-20(21)24-13-16-7-9-22-19(12-16)27-18-8-11-26-14-18;/h2-5,7,9,12,18H,6,8,10-11,13-14H2,1H3,(H3,21,23,24);1H. The maximum Gasteiger partial charge on any atom is 0.213 e. The summed E-state index contributed by atoms with van der Waals surface area (Å²) in [5.74, 6) is 1.88. The fourth-order valence-corrected chi connectivity index (χ4v) is 2.75. The van der Waals surface area contributed by atoms with Gasteiger partial charge in [-0.1, -0.05) is 12.1 Å². The van der Waals surface area contributed by atoms with Crippen molar-refractivity contribution < 1.29 is 14.2 Å². The van der Waals surface area contributed by atoms with Crippen LogP contribution in [-0.4, -0.2) is 43.9 Å². The van der Waals surface area contributed by atoms with E-state index in [0.717, 1.165) is 30.8 Å². The Kier molecular flexibility index (Phi) is 9.29. The molecule has 1 atom stereocenters. The summed E-state index contributed by atoms with van der Waals surface area (Å²) in [6, 6.07) is 11.8. The number of nitrogens with zero attached hydrogens (tertiary/aromatic N) is 2. The van der Waals surface area contributed by atoms with E-state index >= 15 is 0 Å². The fourth-order valence-electron chi connectivity index (χ4n) is 2.75. The Labute approximate surface area is 182 Å². The molecule has 1 aromatic heterocycles. The van der Waals surface area contributed by atoms with Gasteiger partial charge in [-0.2, -0.15) is 0 Å². The lowest BCUT2D eigenvalue weighted by molar-refractivity contribution is 0.138. The van der Waals surface area contributed by atoms with Gasteiger partial charge in [-0.15, -0.1) is 24.0 Å². The molecule has 7 nitrogen and oxygen atoms in total. The maximum atomic E-state index is 5.96. The van der Waals surface area contributed by atoms with Crippen LogP contribution in [0.4, 0.5) is 0 Å². The number of rotatable bonds is 8. The highest BCUT2D eigenvalue weighted by Crippen LogP contribution is 2.16. The Morgan fingerprint density at radius 3 is 2.82 bits per heavy atom. The average molecular weight is 498 g/mol. The second kappa shape index (κ2) is 11.7. The molecule has 2 heterocycles. The van der Waals surface area contributed by atoms with Crippen LogP contribution in [-0.2, 0) is 17.7 Å². The lowest BCUT2D eigenvalue weighted by Crippen LogP contribution is -2.33. The van der Waals surface area contributed by atoms with Crippen molar-refractivity contribution in [2.75, 3.05) is 26.9 Å². The van der Waals surface area contributed by atoms with Crippen molar-refractivity contribution in [2.45, 2.75) is 25.5 Å². The molecular formula is C20H27IN4O3. The average Bonchev–Trinajstić information content (AvgIpc) is 3.20. The van der Waals surface area contributed by atoms with Crippen molar-refractivity contribution in [2.24, 2.45) is 10.7 Å². The molecule has 0 saturated carbocycles. The number of benzene rings is 1. The molecule has 152 valence electrons. The van der Waals surface area contributed by atoms with Crippen LogP contribution in [0.25, 0.3) is 0 Å². The van der Waals surface area contributed by atoms with Crippen molar-refractivity contribution in [3.8, 4) is 11.6 Å². The number of aliphatic imine (C=N–C) groups is 1. The summed E-state index contributed by atoms with van der Waals surface area (Å²) in [5, 5.41) is 3.14. The Morgan fingerprint density at radius 2 is 2.11 bits per heavy atom. The zero-order chi connectivity index (χ0) is 18.9. The van der Waals surface area contributed by atoms with E-state index in [4.69, 9.17) is 19.9 Å². The van der Waals surface area contributed by atoms with E-state index in [-0.39, 0.29) is 30.1 Å². The topological polar surface area (TPSA) is 91.0 Å². The van der Waals surface area contributed by atoms with Crippen molar-refractivity contribution >= 4 is 29.9 Å². The molecule has 28 heavy (non-hydrogen) atoms. The molecule has 1 unspecified atom stereocenters. The number of aromatic nitrogens is 1. The zero-order valence-corrected chi connectivity index (χ0v) is 18.3. The monoisotopic (exact) mass is 498 g/mol. The minimum atomic E-state index is 0. The van der Waals surface area contributed by atoms with Crippen LogP contribution in [0, 0.1) is 0 Å². The SMILES string of the molecule is COc1ccc(CCNC(N)=NCc2ccnc(OC3CCOC3)c2)cc1.I. The molecule has 0 spiro atoms. The first-order chi connectivity index (χ1) is 13.2. The highest BCUT2D eigenvalue weighted by atomic mass is 127. The van der Waals surface area contributed by atoms with Crippen LogP contribution < -0.4 is 20.5 Å². The number of nitrogens with two attached hydrogens (primary N) is 1. The van der Waals surface area contributed by atoms with Crippen LogP contribution >= 0.6 is 24.0 Å². The predicted octanol–water partition coefficient (Wildman–Crippen LogP) is 2.52. The summed E-state index contributed by atoms with van der Waals surface area (Å²) in [5.41, 5.74) is 8.17. The largest absolute Gasteiger partial charge is 0.497 e. The first-order valence-electron chi connectivity index (χ1n) is 9.09. The van der Waals surface area contributed by atoms with Gasteiger partial charge < -0.3 is 25.3 Å². The molecule has 1 saturated heterocycles. The third kappa shape index (κ3) is 7.16. The Bertz CT molecular complexity index is 749. The third-order valence-corrected chi connectivity index (χ3v) is 4.29. The van der Waals surface area contributed by atoms with Gasteiger partial charge in [0.1, 0.15) is 11.9 Å². The van der Waals surface area contributed by atoms with Gasteiger partial charge in [0.25, 0.3) is 0 Å². The van der Waals surface area contributed by atoms with Crippen LogP contribution in [0.5, 0.6) is 11.6 Å². The number of ether oxygens (including phenoxy) is 3. The lowest BCUT2D eigenvalue weighted by Gasteiger charge is -2.11. The van der Waals surface area contributed by atoms with Gasteiger partial charge in [0.2, 0.25) is 5.88 Å². The predicted molar refractivity (Wildman–Crippen MR) is 120 cm³/mol. The fraction of sp³-hybridized carbons (Fsp3) is 0.400. The minimum Gasteiger partial charge on any atom is -0.497 e. The second-order valence-corrected chi connectivity index (χ2v) is 6.33. The van der Waals surface area contributed by atoms with E-state index in [1.54, 1.807) is 13.3 Å². The molecule has 1 aromatic carbocycles. The quantitative estimate of drug-likeness (QED) is 0.330. The molecule has 0 bridgehead atoms. The van der Waals surface area contributed by atoms with E-state index in [1.807, 2.05) is 36.4 Å². The summed E-state index contributed by atoms with van der Waals surface area (Å²) in [4.78, 5) is 8.62.